The summed E-state index contributed by atoms with van der Waals surface area (Å²) >= 11 is 0. The molecule has 0 fully saturated rings. The van der Waals surface area contributed by atoms with Crippen molar-refractivity contribution < 1.29 is 13.5 Å². The van der Waals surface area contributed by atoms with Crippen LogP contribution in [0.4, 0.5) is 0 Å². The normalized spacial score (nSPS) is 11.7. The largest absolute Gasteiger partial charge is 0.395 e. The van der Waals surface area contributed by atoms with E-state index in [1.54, 1.807) is 0 Å². The topological polar surface area (TPSA) is 57.6 Å². The fourth-order valence-corrected chi connectivity index (χ4v) is 3.25. The molecule has 0 unspecified atom stereocenters. The van der Waals surface area contributed by atoms with Crippen molar-refractivity contribution in [3.05, 3.63) is 71.8 Å². The van der Waals surface area contributed by atoms with E-state index in [1.165, 1.54) is 4.31 Å². The first-order chi connectivity index (χ1) is 10.1. The van der Waals surface area contributed by atoms with E-state index in [-0.39, 0.29) is 12.4 Å². The van der Waals surface area contributed by atoms with E-state index in [1.807, 2.05) is 60.7 Å². The van der Waals surface area contributed by atoms with Gasteiger partial charge in [0.05, 0.1) is 12.4 Å². The van der Waals surface area contributed by atoms with Crippen molar-refractivity contribution in [2.45, 2.75) is 13.1 Å². The highest BCUT2D eigenvalue weighted by atomic mass is 32.2. The predicted molar refractivity (Wildman–Crippen MR) is 83.0 cm³/mol. The van der Waals surface area contributed by atoms with Gasteiger partial charge in [-0.2, -0.15) is 4.31 Å². The Hall–Kier alpha value is -1.69. The number of hydrogen-bond acceptors (Lipinski definition) is 3. The molecule has 21 heavy (non-hydrogen) atoms. The van der Waals surface area contributed by atoms with Crippen LogP contribution in [0.1, 0.15) is 11.1 Å². The molecule has 5 heteroatoms. The van der Waals surface area contributed by atoms with Crippen LogP contribution < -0.4 is 0 Å². The van der Waals surface area contributed by atoms with Crippen molar-refractivity contribution in [1.29, 1.82) is 0 Å². The molecule has 2 aromatic carbocycles. The molecule has 0 aliphatic carbocycles. The zero-order valence-electron chi connectivity index (χ0n) is 11.7. The quantitative estimate of drug-likeness (QED) is 0.851. The summed E-state index contributed by atoms with van der Waals surface area (Å²) in [5.41, 5.74) is 1.85. The highest BCUT2D eigenvalue weighted by Gasteiger charge is 2.21. The Labute approximate surface area is 125 Å². The molecule has 0 saturated heterocycles. The fraction of sp³-hybridized carbons (Fsp3) is 0.250. The summed E-state index contributed by atoms with van der Waals surface area (Å²) < 4.78 is 26.0. The van der Waals surface area contributed by atoms with E-state index in [2.05, 4.69) is 0 Å². The molecule has 0 atom stereocenters. The van der Waals surface area contributed by atoms with Gasteiger partial charge in [-0.15, -0.1) is 0 Å². The van der Waals surface area contributed by atoms with Crippen LogP contribution in [-0.4, -0.2) is 30.2 Å². The average molecular weight is 305 g/mol. The average Bonchev–Trinajstić information content (AvgIpc) is 2.49. The van der Waals surface area contributed by atoms with Crippen molar-refractivity contribution in [1.82, 2.24) is 4.31 Å². The Morgan fingerprint density at radius 1 is 0.810 bits per heavy atom. The van der Waals surface area contributed by atoms with E-state index in [0.29, 0.717) is 13.1 Å². The van der Waals surface area contributed by atoms with E-state index in [4.69, 9.17) is 5.11 Å². The van der Waals surface area contributed by atoms with Crippen LogP contribution in [0.3, 0.4) is 0 Å². The standard InChI is InChI=1S/C16H19NO3S/c18-11-12-21(19,20)17(13-15-7-3-1-4-8-15)14-16-9-5-2-6-10-16/h1-10,18H,11-14H2. The van der Waals surface area contributed by atoms with Crippen molar-refractivity contribution >= 4 is 10.0 Å². The highest BCUT2D eigenvalue weighted by Crippen LogP contribution is 2.14. The molecule has 112 valence electrons. The number of aliphatic hydroxyl groups is 1. The molecule has 0 amide bonds. The minimum atomic E-state index is -3.49. The Kier molecular flexibility index (Phi) is 5.50. The molecular formula is C16H19NO3S. The molecule has 0 aliphatic rings. The third-order valence-corrected chi connectivity index (χ3v) is 4.89. The summed E-state index contributed by atoms with van der Waals surface area (Å²) in [5.74, 6) is -0.257. The summed E-state index contributed by atoms with van der Waals surface area (Å²) in [4.78, 5) is 0. The Bertz CT molecular complexity index is 600. The van der Waals surface area contributed by atoms with Gasteiger partial charge in [-0.1, -0.05) is 60.7 Å². The Balaban J connectivity index is 2.22. The van der Waals surface area contributed by atoms with Gasteiger partial charge in [0.25, 0.3) is 0 Å². The van der Waals surface area contributed by atoms with Crippen molar-refractivity contribution in [3.8, 4) is 0 Å². The molecule has 1 N–H and O–H groups in total. The fourth-order valence-electron chi connectivity index (χ4n) is 2.07. The SMILES string of the molecule is O=S(=O)(CCO)N(Cc1ccccc1)Cc1ccccc1. The number of aliphatic hydroxyl groups excluding tert-OH is 1. The zero-order valence-corrected chi connectivity index (χ0v) is 12.5. The molecule has 0 bridgehead atoms. The van der Waals surface area contributed by atoms with Crippen molar-refractivity contribution in [2.24, 2.45) is 0 Å². The van der Waals surface area contributed by atoms with Gasteiger partial charge in [0.15, 0.2) is 0 Å². The zero-order chi connectivity index (χ0) is 15.1. The number of rotatable bonds is 7. The van der Waals surface area contributed by atoms with Crippen LogP contribution in [-0.2, 0) is 23.1 Å². The first kappa shape index (κ1) is 15.7. The van der Waals surface area contributed by atoms with Crippen LogP contribution in [0.15, 0.2) is 60.7 Å². The van der Waals surface area contributed by atoms with Gasteiger partial charge < -0.3 is 5.11 Å². The van der Waals surface area contributed by atoms with Gasteiger partial charge in [-0.25, -0.2) is 8.42 Å². The molecule has 0 aliphatic heterocycles. The maximum Gasteiger partial charge on any atom is 0.216 e. The second kappa shape index (κ2) is 7.36. The van der Waals surface area contributed by atoms with E-state index < -0.39 is 10.0 Å². The molecule has 0 aromatic heterocycles. The van der Waals surface area contributed by atoms with Crippen LogP contribution in [0.5, 0.6) is 0 Å². The maximum atomic E-state index is 12.3. The van der Waals surface area contributed by atoms with Crippen molar-refractivity contribution in [3.63, 3.8) is 0 Å². The lowest BCUT2D eigenvalue weighted by Crippen LogP contribution is -2.33. The predicted octanol–water partition coefficient (Wildman–Crippen LogP) is 2.01. The first-order valence-electron chi connectivity index (χ1n) is 6.78. The van der Waals surface area contributed by atoms with Gasteiger partial charge >= 0.3 is 0 Å². The third kappa shape index (κ3) is 4.67. The van der Waals surface area contributed by atoms with E-state index in [0.717, 1.165) is 11.1 Å². The van der Waals surface area contributed by atoms with E-state index in [9.17, 15) is 8.42 Å². The first-order valence-corrected chi connectivity index (χ1v) is 8.39. The number of hydrogen-bond donors (Lipinski definition) is 1. The van der Waals surface area contributed by atoms with Gasteiger partial charge in [-0.05, 0) is 11.1 Å². The summed E-state index contributed by atoms with van der Waals surface area (Å²) in [6, 6.07) is 18.9. The van der Waals surface area contributed by atoms with E-state index >= 15 is 0 Å². The number of sulfonamides is 1. The molecule has 0 radical (unpaired) electrons. The summed E-state index contributed by atoms with van der Waals surface area (Å²) in [6.45, 7) is 0.235. The van der Waals surface area contributed by atoms with Gasteiger partial charge in [0.2, 0.25) is 10.0 Å². The lowest BCUT2D eigenvalue weighted by atomic mass is 10.2. The molecule has 4 nitrogen and oxygen atoms in total. The Morgan fingerprint density at radius 2 is 1.24 bits per heavy atom. The molecule has 0 heterocycles. The number of benzene rings is 2. The molecule has 0 saturated carbocycles. The second-order valence-electron chi connectivity index (χ2n) is 4.78. The molecule has 2 aromatic rings. The van der Waals surface area contributed by atoms with Gasteiger partial charge in [-0.3, -0.25) is 0 Å². The highest BCUT2D eigenvalue weighted by molar-refractivity contribution is 7.89. The summed E-state index contributed by atoms with van der Waals surface area (Å²) in [5, 5.41) is 8.98. The maximum absolute atomic E-state index is 12.3. The smallest absolute Gasteiger partial charge is 0.216 e. The third-order valence-electron chi connectivity index (χ3n) is 3.15. The summed E-state index contributed by atoms with van der Waals surface area (Å²) in [7, 11) is -3.49. The van der Waals surface area contributed by atoms with Gasteiger partial charge in [0.1, 0.15) is 0 Å². The van der Waals surface area contributed by atoms with Gasteiger partial charge in [0, 0.05) is 13.1 Å². The van der Waals surface area contributed by atoms with Crippen LogP contribution in [0.2, 0.25) is 0 Å². The number of nitrogens with zero attached hydrogens (tertiary/aromatic N) is 1. The molecule has 0 spiro atoms. The van der Waals surface area contributed by atoms with Crippen LogP contribution in [0, 0.1) is 0 Å². The Morgan fingerprint density at radius 3 is 1.62 bits per heavy atom. The van der Waals surface area contributed by atoms with Crippen LogP contribution in [0.25, 0.3) is 0 Å². The minimum absolute atomic E-state index is 0.257. The molecular weight excluding hydrogens is 286 g/mol. The summed E-state index contributed by atoms with van der Waals surface area (Å²) in [6.07, 6.45) is 0. The van der Waals surface area contributed by atoms with Crippen molar-refractivity contribution in [2.75, 3.05) is 12.4 Å². The molecule has 2 rings (SSSR count). The van der Waals surface area contributed by atoms with Crippen LogP contribution >= 0.6 is 0 Å². The monoisotopic (exact) mass is 305 g/mol. The second-order valence-corrected chi connectivity index (χ2v) is 6.87. The lowest BCUT2D eigenvalue weighted by molar-refractivity contribution is 0.312. The lowest BCUT2D eigenvalue weighted by Gasteiger charge is -2.22. The minimum Gasteiger partial charge on any atom is -0.395 e.